The van der Waals surface area contributed by atoms with Crippen molar-refractivity contribution in [1.29, 1.82) is 0 Å². The molecule has 0 amide bonds. The predicted molar refractivity (Wildman–Crippen MR) is 58.5 cm³/mol. The van der Waals surface area contributed by atoms with Crippen molar-refractivity contribution in [2.45, 2.75) is 17.8 Å². The number of methoxy groups -OCH3 is 1. The first-order chi connectivity index (χ1) is 6.10. The van der Waals surface area contributed by atoms with Crippen molar-refractivity contribution in [1.82, 2.24) is 4.98 Å². The molecular weight excluding hydrogens is 173 g/mol. The van der Waals surface area contributed by atoms with Crippen molar-refractivity contribution in [2.24, 2.45) is 0 Å². The summed E-state index contributed by atoms with van der Waals surface area (Å²) in [5, 5.41) is 1.23. The molecule has 0 N–H and O–H groups in total. The van der Waals surface area contributed by atoms with E-state index in [-0.39, 0.29) is 0 Å². The Morgan fingerprint density at radius 1 is 1.54 bits per heavy atom. The van der Waals surface area contributed by atoms with E-state index in [2.05, 4.69) is 41.9 Å². The molecule has 66 valence electrons. The Hall–Kier alpha value is -0.236. The van der Waals surface area contributed by atoms with Crippen LogP contribution in [-0.2, 0) is 0 Å². The van der Waals surface area contributed by atoms with Crippen LogP contribution in [0.15, 0.2) is 18.3 Å². The van der Waals surface area contributed by atoms with Gasteiger partial charge in [0.2, 0.25) is 0 Å². The third kappa shape index (κ3) is 2.60. The fourth-order valence-corrected chi connectivity index (χ4v) is 2.41. The van der Waals surface area contributed by atoms with E-state index >= 15 is 0 Å². The molecule has 0 aliphatic carbocycles. The molecule has 4 heteroatoms. The molecule has 2 nitrogen and oxygen atoms in total. The fraction of sp³-hybridized carbons (Fsp3) is 0.444. The first-order valence-electron chi connectivity index (χ1n) is 4.60. The topological polar surface area (TPSA) is 22.1 Å². The molecule has 13 heavy (non-hydrogen) atoms. The Labute approximate surface area is 89.9 Å². The summed E-state index contributed by atoms with van der Waals surface area (Å²) in [6.07, 6.45) is 1.83. The van der Waals surface area contributed by atoms with Crippen LogP contribution in [-0.4, -0.2) is 37.9 Å². The van der Waals surface area contributed by atoms with E-state index in [1.54, 1.807) is 7.11 Å². The van der Waals surface area contributed by atoms with Crippen molar-refractivity contribution in [3.8, 4) is 5.75 Å². The van der Waals surface area contributed by atoms with Crippen molar-refractivity contribution in [3.63, 3.8) is 0 Å². The van der Waals surface area contributed by atoms with Crippen LogP contribution in [0.3, 0.4) is 0 Å². The van der Waals surface area contributed by atoms with Gasteiger partial charge in [-0.25, -0.2) is 0 Å². The normalized spacial score (nSPS) is 11.5. The van der Waals surface area contributed by atoms with Gasteiger partial charge in [0.15, 0.2) is 0 Å². The van der Waals surface area contributed by atoms with Gasteiger partial charge in [0.1, 0.15) is 0 Å². The van der Waals surface area contributed by atoms with Gasteiger partial charge in [0.05, 0.1) is 0 Å². The van der Waals surface area contributed by atoms with Crippen LogP contribution in [0.4, 0.5) is 0 Å². The zero-order chi connectivity index (χ0) is 9.90. The molecule has 0 spiro atoms. The number of nitrogens with zero attached hydrogens (tertiary/aromatic N) is 1. The standard InChI is InChI=1S/C9H14NOSi.Li/c1-11-8-5-6-10-9(7-8)12(2,3)4;/h5-7H,2H2,1,3-4H3;. The van der Waals surface area contributed by atoms with Crippen molar-refractivity contribution < 1.29 is 4.74 Å². The number of pyridine rings is 1. The summed E-state index contributed by atoms with van der Waals surface area (Å²) in [6, 6.07) is 3.96. The van der Waals surface area contributed by atoms with Crippen LogP contribution < -0.4 is 10.1 Å². The average molecular weight is 187 g/mol. The minimum absolute atomic E-state index is 0.916. The van der Waals surface area contributed by atoms with E-state index in [1.807, 2.05) is 12.3 Å². The van der Waals surface area contributed by atoms with Gasteiger partial charge in [-0.2, -0.15) is 0 Å². The summed E-state index contributed by atoms with van der Waals surface area (Å²) < 4.78 is 6.39. The average Bonchev–Trinajstić information content (AvgIpc) is 2.18. The van der Waals surface area contributed by atoms with E-state index in [1.165, 1.54) is 10.0 Å². The molecule has 0 aromatic carbocycles. The molecule has 0 saturated carbocycles. The van der Waals surface area contributed by atoms with Gasteiger partial charge in [-0.1, -0.05) is 0 Å². The second-order valence-corrected chi connectivity index (χ2v) is 8.81. The molecule has 0 bridgehead atoms. The van der Waals surface area contributed by atoms with Crippen LogP contribution in [0.25, 0.3) is 0 Å². The summed E-state index contributed by atoms with van der Waals surface area (Å²) in [6.45, 7) is 4.66. The second-order valence-electron chi connectivity index (χ2n) is 3.82. The van der Waals surface area contributed by atoms with E-state index in [4.69, 9.17) is 4.74 Å². The van der Waals surface area contributed by atoms with E-state index < -0.39 is 8.07 Å². The van der Waals surface area contributed by atoms with Crippen LogP contribution in [0.1, 0.15) is 0 Å². The quantitative estimate of drug-likeness (QED) is 0.662. The summed E-state index contributed by atoms with van der Waals surface area (Å²) >= 11 is 2.23. The van der Waals surface area contributed by atoms with E-state index in [0.29, 0.717) is 0 Å². The second kappa shape index (κ2) is 4.32. The first-order valence-corrected chi connectivity index (χ1v) is 7.81. The van der Waals surface area contributed by atoms with Crippen molar-refractivity contribution >= 4 is 31.1 Å². The van der Waals surface area contributed by atoms with Crippen LogP contribution in [0, 0.1) is 0 Å². The van der Waals surface area contributed by atoms with E-state index in [9.17, 15) is 0 Å². The third-order valence-electron chi connectivity index (χ3n) is 2.54. The zero-order valence-electron chi connectivity index (χ0n) is 8.79. The molecule has 0 fully saturated rings. The number of hydrogen-bond acceptors (Lipinski definition) is 2. The van der Waals surface area contributed by atoms with Gasteiger partial charge >= 0.3 is 89.8 Å². The Bertz CT molecular complexity index is 291. The molecular formula is C9H14LiNOSi. The van der Waals surface area contributed by atoms with Crippen LogP contribution in [0.5, 0.6) is 5.75 Å². The van der Waals surface area contributed by atoms with Crippen molar-refractivity contribution in [3.05, 3.63) is 18.3 Å². The Kier molecular flexibility index (Phi) is 3.60. The summed E-state index contributed by atoms with van der Waals surface area (Å²) in [5.41, 5.74) is 0. The summed E-state index contributed by atoms with van der Waals surface area (Å²) in [5.74, 6) is 0.916. The third-order valence-corrected chi connectivity index (χ3v) is 5.97. The number of ether oxygens (including phenoxy) is 1. The minimum atomic E-state index is -1.29. The number of rotatable bonds is 3. The van der Waals surface area contributed by atoms with Crippen molar-refractivity contribution in [2.75, 3.05) is 7.11 Å². The van der Waals surface area contributed by atoms with Crippen LogP contribution >= 0.6 is 0 Å². The number of aromatic nitrogens is 1. The maximum atomic E-state index is 5.18. The zero-order valence-corrected chi connectivity index (χ0v) is 9.79. The molecule has 0 atom stereocenters. The van der Waals surface area contributed by atoms with Gasteiger partial charge in [-0.15, -0.1) is 0 Å². The molecule has 0 unspecified atom stereocenters. The predicted octanol–water partition coefficient (Wildman–Crippen LogP) is 1.13. The van der Waals surface area contributed by atoms with Gasteiger partial charge in [0.25, 0.3) is 0 Å². The summed E-state index contributed by atoms with van der Waals surface area (Å²) in [7, 11) is 0.402. The maximum absolute atomic E-state index is 5.18. The van der Waals surface area contributed by atoms with Gasteiger partial charge in [-0.3, -0.25) is 0 Å². The molecule has 0 radical (unpaired) electrons. The van der Waals surface area contributed by atoms with Gasteiger partial charge in [-0.05, 0) is 0 Å². The molecule has 0 aliphatic rings. The fourth-order valence-electron chi connectivity index (χ4n) is 1.09. The molecule has 0 aliphatic heterocycles. The first kappa shape index (κ1) is 10.8. The molecule has 1 heterocycles. The molecule has 1 aromatic heterocycles. The number of hydrogen-bond donors (Lipinski definition) is 0. The molecule has 1 rings (SSSR count). The van der Waals surface area contributed by atoms with Gasteiger partial charge in [0, 0.05) is 0 Å². The van der Waals surface area contributed by atoms with Crippen LogP contribution in [0.2, 0.25) is 17.8 Å². The van der Waals surface area contributed by atoms with Gasteiger partial charge < -0.3 is 0 Å². The summed E-state index contributed by atoms with van der Waals surface area (Å²) in [4.78, 5) is 4.41. The Balaban J connectivity index is 3.01. The van der Waals surface area contributed by atoms with E-state index in [0.717, 1.165) is 5.75 Å². The molecule has 1 aromatic rings. The SMILES string of the molecule is [Li][CH2][Si](C)(C)c1cc(OC)ccn1. The monoisotopic (exact) mass is 187 g/mol. The Morgan fingerprint density at radius 3 is 2.77 bits per heavy atom. The Morgan fingerprint density at radius 2 is 2.23 bits per heavy atom. The molecule has 0 saturated heterocycles.